The Kier molecular flexibility index (Phi) is 9.10. The highest BCUT2D eigenvalue weighted by atomic mass is 19.1. The van der Waals surface area contributed by atoms with Crippen LogP contribution in [-0.2, 0) is 0 Å². The molecule has 1 nitrogen and oxygen atoms in total. The fourth-order valence-electron chi connectivity index (χ4n) is 2.43. The van der Waals surface area contributed by atoms with E-state index in [-0.39, 0.29) is 5.82 Å². The number of rotatable bonds is 11. The second-order valence-corrected chi connectivity index (χ2v) is 5.60. The molecule has 1 atom stereocenters. The molecule has 0 spiro atoms. The number of hydrogen-bond acceptors (Lipinski definition) is 1. The zero-order valence-electron chi connectivity index (χ0n) is 13.0. The smallest absolute Gasteiger partial charge is 0.165 e. The normalized spacial score (nSPS) is 12.3. The predicted molar refractivity (Wildman–Crippen MR) is 83.7 cm³/mol. The van der Waals surface area contributed by atoms with Crippen molar-refractivity contribution >= 4 is 0 Å². The van der Waals surface area contributed by atoms with E-state index in [0.29, 0.717) is 18.3 Å². The lowest BCUT2D eigenvalue weighted by atomic mass is 9.96. The zero-order valence-corrected chi connectivity index (χ0v) is 13.0. The number of halogens is 1. The van der Waals surface area contributed by atoms with Gasteiger partial charge in [0.05, 0.1) is 6.61 Å². The summed E-state index contributed by atoms with van der Waals surface area (Å²) in [6.45, 7) is 5.09. The Bertz CT molecular complexity index is 351. The van der Waals surface area contributed by atoms with E-state index in [1.54, 1.807) is 12.1 Å². The first-order valence-corrected chi connectivity index (χ1v) is 8.15. The second-order valence-electron chi connectivity index (χ2n) is 5.60. The molecule has 0 aromatic heterocycles. The van der Waals surface area contributed by atoms with Crippen molar-refractivity contribution in [1.29, 1.82) is 0 Å². The monoisotopic (exact) mass is 280 g/mol. The van der Waals surface area contributed by atoms with Gasteiger partial charge in [-0.05, 0) is 30.9 Å². The van der Waals surface area contributed by atoms with Gasteiger partial charge in [-0.15, -0.1) is 0 Å². The molecule has 114 valence electrons. The molecule has 1 unspecified atom stereocenters. The van der Waals surface area contributed by atoms with E-state index in [9.17, 15) is 4.39 Å². The molecule has 0 aliphatic carbocycles. The summed E-state index contributed by atoms with van der Waals surface area (Å²) >= 11 is 0. The number of hydrogen-bond donors (Lipinski definition) is 0. The molecule has 0 aliphatic rings. The summed E-state index contributed by atoms with van der Waals surface area (Å²) in [4.78, 5) is 0. The van der Waals surface area contributed by atoms with Gasteiger partial charge in [0.15, 0.2) is 11.6 Å². The summed E-state index contributed by atoms with van der Waals surface area (Å²) in [5.74, 6) is 0.696. The first-order chi connectivity index (χ1) is 9.77. The Labute approximate surface area is 123 Å². The third kappa shape index (κ3) is 6.93. The number of unbranched alkanes of at least 4 members (excludes halogenated alkanes) is 4. The lowest BCUT2D eigenvalue weighted by Crippen LogP contribution is -2.13. The number of ether oxygens (including phenoxy) is 1. The van der Waals surface area contributed by atoms with Gasteiger partial charge in [0.2, 0.25) is 0 Å². The highest BCUT2D eigenvalue weighted by Gasteiger charge is 2.10. The third-order valence-corrected chi connectivity index (χ3v) is 3.74. The van der Waals surface area contributed by atoms with Crippen LogP contribution >= 0.6 is 0 Å². The van der Waals surface area contributed by atoms with Gasteiger partial charge in [-0.1, -0.05) is 64.5 Å². The second kappa shape index (κ2) is 10.7. The van der Waals surface area contributed by atoms with Crippen molar-refractivity contribution < 1.29 is 9.13 Å². The quantitative estimate of drug-likeness (QED) is 0.453. The van der Waals surface area contributed by atoms with Crippen LogP contribution in [0.5, 0.6) is 5.75 Å². The van der Waals surface area contributed by atoms with Crippen LogP contribution in [-0.4, -0.2) is 6.61 Å². The maximum absolute atomic E-state index is 13.5. The van der Waals surface area contributed by atoms with Crippen LogP contribution in [0.1, 0.15) is 65.2 Å². The molecule has 0 bridgehead atoms. The third-order valence-electron chi connectivity index (χ3n) is 3.74. The topological polar surface area (TPSA) is 9.23 Å². The van der Waals surface area contributed by atoms with Crippen LogP contribution < -0.4 is 4.74 Å². The average Bonchev–Trinajstić information content (AvgIpc) is 2.47. The molecule has 0 fully saturated rings. The molecular formula is C18H29FO. The van der Waals surface area contributed by atoms with Crippen LogP contribution in [0, 0.1) is 11.7 Å². The van der Waals surface area contributed by atoms with E-state index in [4.69, 9.17) is 4.74 Å². The van der Waals surface area contributed by atoms with E-state index < -0.39 is 0 Å². The van der Waals surface area contributed by atoms with E-state index in [1.165, 1.54) is 57.4 Å². The summed E-state index contributed by atoms with van der Waals surface area (Å²) in [5.41, 5.74) is 0. The van der Waals surface area contributed by atoms with Gasteiger partial charge < -0.3 is 4.74 Å². The van der Waals surface area contributed by atoms with E-state index in [0.717, 1.165) is 0 Å². The van der Waals surface area contributed by atoms with Crippen LogP contribution in [0.15, 0.2) is 24.3 Å². The Morgan fingerprint density at radius 2 is 1.65 bits per heavy atom. The molecule has 0 saturated heterocycles. The van der Waals surface area contributed by atoms with Crippen LogP contribution in [0.2, 0.25) is 0 Å². The summed E-state index contributed by atoms with van der Waals surface area (Å²) in [7, 11) is 0. The van der Waals surface area contributed by atoms with Crippen LogP contribution in [0.25, 0.3) is 0 Å². The maximum atomic E-state index is 13.5. The van der Waals surface area contributed by atoms with Crippen LogP contribution in [0.4, 0.5) is 4.39 Å². The first kappa shape index (κ1) is 17.0. The minimum absolute atomic E-state index is 0.257. The minimum Gasteiger partial charge on any atom is -0.490 e. The van der Waals surface area contributed by atoms with Gasteiger partial charge in [-0.25, -0.2) is 4.39 Å². The average molecular weight is 280 g/mol. The Morgan fingerprint density at radius 1 is 0.950 bits per heavy atom. The standard InChI is InChI=1S/C18H29FO/c1-3-5-7-8-12-16(11-6-4-2)15-20-18-14-10-9-13-17(18)19/h9-10,13-14,16H,3-8,11-12,15H2,1-2H3. The Hall–Kier alpha value is -1.05. The highest BCUT2D eigenvalue weighted by molar-refractivity contribution is 5.23. The van der Waals surface area contributed by atoms with E-state index in [2.05, 4.69) is 13.8 Å². The molecule has 0 N–H and O–H groups in total. The summed E-state index contributed by atoms with van der Waals surface area (Å²) in [6, 6.07) is 6.68. The van der Waals surface area contributed by atoms with Crippen molar-refractivity contribution in [3.05, 3.63) is 30.1 Å². The molecular weight excluding hydrogens is 251 g/mol. The molecule has 20 heavy (non-hydrogen) atoms. The van der Waals surface area contributed by atoms with E-state index in [1.807, 2.05) is 6.07 Å². The maximum Gasteiger partial charge on any atom is 0.165 e. The van der Waals surface area contributed by atoms with Crippen molar-refractivity contribution in [3.63, 3.8) is 0 Å². The molecule has 2 heteroatoms. The molecule has 1 aromatic carbocycles. The van der Waals surface area contributed by atoms with Crippen LogP contribution in [0.3, 0.4) is 0 Å². The van der Waals surface area contributed by atoms with Crippen molar-refractivity contribution in [2.24, 2.45) is 5.92 Å². The largest absolute Gasteiger partial charge is 0.490 e. The van der Waals surface area contributed by atoms with E-state index >= 15 is 0 Å². The van der Waals surface area contributed by atoms with Gasteiger partial charge in [0, 0.05) is 0 Å². The number of para-hydroxylation sites is 1. The predicted octanol–water partition coefficient (Wildman–Crippen LogP) is 5.98. The summed E-state index contributed by atoms with van der Waals surface area (Å²) in [5, 5.41) is 0. The Balaban J connectivity index is 2.37. The molecule has 0 radical (unpaired) electrons. The van der Waals surface area contributed by atoms with Gasteiger partial charge >= 0.3 is 0 Å². The van der Waals surface area contributed by atoms with Crippen molar-refractivity contribution in [2.45, 2.75) is 65.2 Å². The lowest BCUT2D eigenvalue weighted by molar-refractivity contribution is 0.217. The summed E-state index contributed by atoms with van der Waals surface area (Å²) < 4.78 is 19.2. The lowest BCUT2D eigenvalue weighted by Gasteiger charge is -2.17. The molecule has 0 aliphatic heterocycles. The van der Waals surface area contributed by atoms with Gasteiger partial charge in [0.25, 0.3) is 0 Å². The molecule has 1 aromatic rings. The minimum atomic E-state index is -0.257. The van der Waals surface area contributed by atoms with Gasteiger partial charge in [0.1, 0.15) is 0 Å². The SMILES string of the molecule is CCCCCCC(CCCC)COc1ccccc1F. The zero-order chi connectivity index (χ0) is 14.6. The Morgan fingerprint density at radius 3 is 2.35 bits per heavy atom. The van der Waals surface area contributed by atoms with Gasteiger partial charge in [-0.2, -0.15) is 0 Å². The fraction of sp³-hybridized carbons (Fsp3) is 0.667. The van der Waals surface area contributed by atoms with Crippen molar-refractivity contribution in [1.82, 2.24) is 0 Å². The first-order valence-electron chi connectivity index (χ1n) is 8.15. The van der Waals surface area contributed by atoms with Gasteiger partial charge in [-0.3, -0.25) is 0 Å². The molecule has 0 saturated carbocycles. The molecule has 1 rings (SSSR count). The van der Waals surface area contributed by atoms with Crippen molar-refractivity contribution in [3.8, 4) is 5.75 Å². The fourth-order valence-corrected chi connectivity index (χ4v) is 2.43. The molecule has 0 amide bonds. The van der Waals surface area contributed by atoms with Crippen molar-refractivity contribution in [2.75, 3.05) is 6.61 Å². The highest BCUT2D eigenvalue weighted by Crippen LogP contribution is 2.21. The number of benzene rings is 1. The molecule has 0 heterocycles. The summed E-state index contributed by atoms with van der Waals surface area (Å²) in [6.07, 6.45) is 10.00.